The lowest BCUT2D eigenvalue weighted by Gasteiger charge is -2.39. The molecular formula is C20H19N3O3S. The van der Waals surface area contributed by atoms with E-state index >= 15 is 0 Å². The molecule has 1 aromatic carbocycles. The quantitative estimate of drug-likeness (QED) is 0.869. The van der Waals surface area contributed by atoms with Crippen LogP contribution in [0.15, 0.2) is 35.0 Å². The molecule has 6 nitrogen and oxygen atoms in total. The van der Waals surface area contributed by atoms with Crippen molar-refractivity contribution >= 4 is 34.7 Å². The van der Waals surface area contributed by atoms with E-state index in [-0.39, 0.29) is 30.2 Å². The third-order valence-corrected chi connectivity index (χ3v) is 6.23. The Kier molecular flexibility index (Phi) is 3.79. The minimum atomic E-state index is -0.633. The largest absolute Gasteiger partial charge is 0.338 e. The summed E-state index contributed by atoms with van der Waals surface area (Å²) in [4.78, 5) is 41.7. The molecule has 1 aromatic heterocycles. The van der Waals surface area contributed by atoms with Gasteiger partial charge in [-0.05, 0) is 52.9 Å². The number of amides is 3. The van der Waals surface area contributed by atoms with Crippen LogP contribution in [-0.4, -0.2) is 53.2 Å². The van der Waals surface area contributed by atoms with Gasteiger partial charge in [0.1, 0.15) is 6.04 Å². The summed E-state index contributed by atoms with van der Waals surface area (Å²) in [5, 5.41) is 6.92. The Morgan fingerprint density at radius 2 is 1.96 bits per heavy atom. The van der Waals surface area contributed by atoms with Gasteiger partial charge in [-0.2, -0.15) is 11.3 Å². The molecule has 5 rings (SSSR count). The van der Waals surface area contributed by atoms with Crippen molar-refractivity contribution in [2.45, 2.75) is 18.9 Å². The molecule has 2 fully saturated rings. The molecule has 27 heavy (non-hydrogen) atoms. The molecule has 1 N–H and O–H groups in total. The summed E-state index contributed by atoms with van der Waals surface area (Å²) in [6, 6.07) is 6.94. The number of benzene rings is 1. The molecule has 3 heterocycles. The second-order valence-corrected chi connectivity index (χ2v) is 8.11. The van der Waals surface area contributed by atoms with Crippen LogP contribution in [0.5, 0.6) is 0 Å². The molecule has 3 amide bonds. The van der Waals surface area contributed by atoms with Gasteiger partial charge in [0, 0.05) is 19.0 Å². The maximum atomic E-state index is 13.2. The van der Waals surface area contributed by atoms with Gasteiger partial charge in [0.25, 0.3) is 5.91 Å². The van der Waals surface area contributed by atoms with Gasteiger partial charge >= 0.3 is 0 Å². The van der Waals surface area contributed by atoms with Crippen LogP contribution >= 0.6 is 11.3 Å². The lowest BCUT2D eigenvalue weighted by atomic mass is 10.0. The van der Waals surface area contributed by atoms with Crippen LogP contribution in [0.3, 0.4) is 0 Å². The Labute approximate surface area is 160 Å². The number of thiophene rings is 1. The molecule has 0 spiro atoms. The average Bonchev–Trinajstić information content (AvgIpc) is 3.41. The predicted molar refractivity (Wildman–Crippen MR) is 103 cm³/mol. The van der Waals surface area contributed by atoms with E-state index in [1.807, 2.05) is 29.0 Å². The molecule has 0 radical (unpaired) electrons. The fraction of sp³-hybridized carbons (Fsp3) is 0.350. The standard InChI is InChI=1S/C20H19N3O3S/c24-18-17-10-22(19(25)12-1-2-12)6-7-23(17)20(26)15-9-13(3-4-16(15)21-18)14-5-8-27-11-14/h3-5,8-9,11-12,17H,1-2,6-7,10H2,(H,21,24)/t17-/m1/s1. The van der Waals surface area contributed by atoms with E-state index in [2.05, 4.69) is 5.32 Å². The van der Waals surface area contributed by atoms with Gasteiger partial charge in [-0.3, -0.25) is 14.4 Å². The van der Waals surface area contributed by atoms with Crippen molar-refractivity contribution in [2.75, 3.05) is 25.0 Å². The molecule has 1 atom stereocenters. The molecular weight excluding hydrogens is 362 g/mol. The van der Waals surface area contributed by atoms with E-state index in [1.165, 1.54) is 0 Å². The molecule has 2 aromatic rings. The second kappa shape index (κ2) is 6.20. The summed E-state index contributed by atoms with van der Waals surface area (Å²) in [5.41, 5.74) is 3.07. The van der Waals surface area contributed by atoms with Crippen molar-refractivity contribution in [3.8, 4) is 11.1 Å². The third-order valence-electron chi connectivity index (χ3n) is 5.54. The molecule has 2 aliphatic heterocycles. The summed E-state index contributed by atoms with van der Waals surface area (Å²) in [6.45, 7) is 1.15. The van der Waals surface area contributed by atoms with E-state index in [9.17, 15) is 14.4 Å². The minimum Gasteiger partial charge on any atom is -0.338 e. The van der Waals surface area contributed by atoms with Gasteiger partial charge in [0.05, 0.1) is 17.8 Å². The van der Waals surface area contributed by atoms with Gasteiger partial charge in [0.15, 0.2) is 0 Å². The Balaban J connectivity index is 1.46. The number of hydrogen-bond donors (Lipinski definition) is 1. The lowest BCUT2D eigenvalue weighted by molar-refractivity contribution is -0.136. The maximum Gasteiger partial charge on any atom is 0.256 e. The highest BCUT2D eigenvalue weighted by Crippen LogP contribution is 2.34. The van der Waals surface area contributed by atoms with Crippen LogP contribution in [0.25, 0.3) is 11.1 Å². The zero-order chi connectivity index (χ0) is 18.5. The highest BCUT2D eigenvalue weighted by Gasteiger charge is 2.43. The number of carbonyl (C=O) groups is 3. The smallest absolute Gasteiger partial charge is 0.256 e. The predicted octanol–water partition coefficient (Wildman–Crippen LogP) is 2.43. The molecule has 1 saturated heterocycles. The highest BCUT2D eigenvalue weighted by molar-refractivity contribution is 7.08. The van der Waals surface area contributed by atoms with Crippen LogP contribution in [0.1, 0.15) is 23.2 Å². The topological polar surface area (TPSA) is 69.7 Å². The Morgan fingerprint density at radius 1 is 1.11 bits per heavy atom. The van der Waals surface area contributed by atoms with Gasteiger partial charge < -0.3 is 15.1 Å². The fourth-order valence-corrected chi connectivity index (χ4v) is 4.51. The summed E-state index contributed by atoms with van der Waals surface area (Å²) >= 11 is 1.60. The molecule has 0 bridgehead atoms. The van der Waals surface area contributed by atoms with Crippen molar-refractivity contribution in [1.82, 2.24) is 9.80 Å². The number of piperazine rings is 1. The fourth-order valence-electron chi connectivity index (χ4n) is 3.85. The summed E-state index contributed by atoms with van der Waals surface area (Å²) in [6.07, 6.45) is 1.87. The first kappa shape index (κ1) is 16.5. The normalized spacial score (nSPS) is 22.0. The summed E-state index contributed by atoms with van der Waals surface area (Å²) in [5.74, 6) is -0.134. The molecule has 7 heteroatoms. The third kappa shape index (κ3) is 2.82. The molecule has 1 aliphatic carbocycles. The van der Waals surface area contributed by atoms with E-state index in [0.29, 0.717) is 24.3 Å². The zero-order valence-corrected chi connectivity index (χ0v) is 15.5. The van der Waals surface area contributed by atoms with Crippen molar-refractivity contribution in [3.05, 3.63) is 40.6 Å². The van der Waals surface area contributed by atoms with Crippen LogP contribution < -0.4 is 5.32 Å². The van der Waals surface area contributed by atoms with Crippen molar-refractivity contribution in [1.29, 1.82) is 0 Å². The van der Waals surface area contributed by atoms with Gasteiger partial charge in [-0.15, -0.1) is 0 Å². The molecule has 138 valence electrons. The van der Waals surface area contributed by atoms with Gasteiger partial charge in [-0.1, -0.05) is 6.07 Å². The molecule has 3 aliphatic rings. The molecule has 1 saturated carbocycles. The second-order valence-electron chi connectivity index (χ2n) is 7.33. The number of anilines is 1. The zero-order valence-electron chi connectivity index (χ0n) is 14.7. The number of nitrogens with one attached hydrogen (secondary N) is 1. The Bertz CT molecular complexity index is 936. The monoisotopic (exact) mass is 381 g/mol. The average molecular weight is 381 g/mol. The summed E-state index contributed by atoms with van der Waals surface area (Å²) < 4.78 is 0. The maximum absolute atomic E-state index is 13.2. The van der Waals surface area contributed by atoms with Crippen LogP contribution in [0, 0.1) is 5.92 Å². The van der Waals surface area contributed by atoms with Crippen molar-refractivity contribution < 1.29 is 14.4 Å². The van der Waals surface area contributed by atoms with Gasteiger partial charge in [0.2, 0.25) is 11.8 Å². The van der Waals surface area contributed by atoms with E-state index in [1.54, 1.807) is 27.2 Å². The molecule has 0 unspecified atom stereocenters. The Morgan fingerprint density at radius 3 is 2.70 bits per heavy atom. The van der Waals surface area contributed by atoms with Crippen molar-refractivity contribution in [2.24, 2.45) is 5.92 Å². The highest BCUT2D eigenvalue weighted by atomic mass is 32.1. The Hall–Kier alpha value is -2.67. The van der Waals surface area contributed by atoms with E-state index in [0.717, 1.165) is 24.0 Å². The van der Waals surface area contributed by atoms with Crippen molar-refractivity contribution in [3.63, 3.8) is 0 Å². The SMILES string of the molecule is O=C1Nc2ccc(-c3ccsc3)cc2C(=O)N2CCN(C(=O)C3CC3)C[C@H]12. The first-order valence-corrected chi connectivity index (χ1v) is 10.1. The first-order valence-electron chi connectivity index (χ1n) is 9.19. The lowest BCUT2D eigenvalue weighted by Crippen LogP contribution is -2.59. The van der Waals surface area contributed by atoms with Crippen LogP contribution in [-0.2, 0) is 9.59 Å². The van der Waals surface area contributed by atoms with Gasteiger partial charge in [-0.25, -0.2) is 0 Å². The number of rotatable bonds is 2. The minimum absolute atomic E-state index is 0.117. The van der Waals surface area contributed by atoms with Crippen LogP contribution in [0.4, 0.5) is 5.69 Å². The summed E-state index contributed by atoms with van der Waals surface area (Å²) in [7, 11) is 0. The first-order chi connectivity index (χ1) is 13.1. The number of fused-ring (bicyclic) bond motifs is 2. The number of carbonyl (C=O) groups excluding carboxylic acids is 3. The number of nitrogens with zero attached hydrogens (tertiary/aromatic N) is 2. The van der Waals surface area contributed by atoms with E-state index in [4.69, 9.17) is 0 Å². The number of hydrogen-bond acceptors (Lipinski definition) is 4. The van der Waals surface area contributed by atoms with Crippen LogP contribution in [0.2, 0.25) is 0 Å². The van der Waals surface area contributed by atoms with E-state index < -0.39 is 6.04 Å².